The summed E-state index contributed by atoms with van der Waals surface area (Å²) in [5, 5.41) is 0.108. The monoisotopic (exact) mass is 322 g/mol. The molecule has 4 nitrogen and oxygen atoms in total. The maximum Gasteiger partial charge on any atom is 0.367 e. The molecule has 1 fully saturated rings. The standard InChI is InChI=1S/C12H16BrFO4/c1-3-17-10(15)9(14)8(7-13)12(5-6-12)11(16)18-4-2/h3-7H2,1-2H3/b9-8-. The Hall–Kier alpha value is -0.910. The number of ether oxygens (including phenoxy) is 2. The summed E-state index contributed by atoms with van der Waals surface area (Å²) < 4.78 is 23.5. The first-order chi connectivity index (χ1) is 8.53. The van der Waals surface area contributed by atoms with Gasteiger partial charge in [0.2, 0.25) is 5.83 Å². The molecule has 0 aromatic carbocycles. The Morgan fingerprint density at radius 2 is 1.78 bits per heavy atom. The minimum Gasteiger partial charge on any atom is -0.465 e. The molecule has 0 amide bonds. The quantitative estimate of drug-likeness (QED) is 0.428. The molecule has 0 N–H and O–H groups in total. The number of halogens is 2. The van der Waals surface area contributed by atoms with Gasteiger partial charge in [0.1, 0.15) is 0 Å². The Labute approximate surface area is 114 Å². The van der Waals surface area contributed by atoms with Gasteiger partial charge in [-0.2, -0.15) is 4.39 Å². The van der Waals surface area contributed by atoms with E-state index in [1.807, 2.05) is 0 Å². The molecule has 0 aromatic rings. The lowest BCUT2D eigenvalue weighted by Crippen LogP contribution is -2.24. The van der Waals surface area contributed by atoms with E-state index in [2.05, 4.69) is 20.7 Å². The predicted octanol–water partition coefficient (Wildman–Crippen LogP) is 2.51. The van der Waals surface area contributed by atoms with Crippen LogP contribution in [0.5, 0.6) is 0 Å². The molecule has 0 atom stereocenters. The number of esters is 2. The molecule has 0 saturated heterocycles. The zero-order chi connectivity index (χ0) is 13.8. The SMILES string of the molecule is CCOC(=O)/C(F)=C(\CBr)C1(C(=O)OCC)CC1. The van der Waals surface area contributed by atoms with Crippen molar-refractivity contribution >= 4 is 27.9 Å². The molecule has 0 aliphatic heterocycles. The lowest BCUT2D eigenvalue weighted by Gasteiger charge is -2.16. The highest BCUT2D eigenvalue weighted by Gasteiger charge is 2.55. The van der Waals surface area contributed by atoms with Crippen LogP contribution in [0.4, 0.5) is 4.39 Å². The third-order valence-corrected chi connectivity index (χ3v) is 3.41. The van der Waals surface area contributed by atoms with Crippen molar-refractivity contribution in [3.8, 4) is 0 Å². The molecule has 1 saturated carbocycles. The van der Waals surface area contributed by atoms with Gasteiger partial charge in [-0.25, -0.2) is 4.79 Å². The number of hydrogen-bond acceptors (Lipinski definition) is 4. The molecule has 0 aromatic heterocycles. The fraction of sp³-hybridized carbons (Fsp3) is 0.667. The number of hydrogen-bond donors (Lipinski definition) is 0. The fourth-order valence-corrected chi connectivity index (χ4v) is 2.52. The van der Waals surface area contributed by atoms with Crippen LogP contribution in [0.2, 0.25) is 0 Å². The minimum atomic E-state index is -1.03. The van der Waals surface area contributed by atoms with Crippen molar-refractivity contribution < 1.29 is 23.5 Å². The first kappa shape index (κ1) is 15.1. The molecule has 1 aliphatic carbocycles. The first-order valence-corrected chi connectivity index (χ1v) is 6.95. The molecule has 0 heterocycles. The fourth-order valence-electron chi connectivity index (χ4n) is 1.74. The average molecular weight is 323 g/mol. The molecule has 0 radical (unpaired) electrons. The van der Waals surface area contributed by atoms with Crippen LogP contribution in [0, 0.1) is 5.41 Å². The van der Waals surface area contributed by atoms with Gasteiger partial charge in [-0.05, 0) is 26.7 Å². The Morgan fingerprint density at radius 3 is 2.17 bits per heavy atom. The van der Waals surface area contributed by atoms with Crippen LogP contribution in [0.25, 0.3) is 0 Å². The van der Waals surface area contributed by atoms with Crippen molar-refractivity contribution in [1.82, 2.24) is 0 Å². The highest BCUT2D eigenvalue weighted by Crippen LogP contribution is 2.54. The zero-order valence-corrected chi connectivity index (χ0v) is 12.0. The third kappa shape index (κ3) is 2.91. The van der Waals surface area contributed by atoms with E-state index in [1.54, 1.807) is 13.8 Å². The van der Waals surface area contributed by atoms with Crippen LogP contribution >= 0.6 is 15.9 Å². The van der Waals surface area contributed by atoms with E-state index in [0.717, 1.165) is 0 Å². The van der Waals surface area contributed by atoms with E-state index in [1.165, 1.54) is 0 Å². The lowest BCUT2D eigenvalue weighted by molar-refractivity contribution is -0.148. The van der Waals surface area contributed by atoms with Crippen LogP contribution in [-0.2, 0) is 19.1 Å². The Morgan fingerprint density at radius 1 is 1.22 bits per heavy atom. The van der Waals surface area contributed by atoms with Crippen molar-refractivity contribution in [3.63, 3.8) is 0 Å². The molecule has 102 valence electrons. The van der Waals surface area contributed by atoms with Gasteiger partial charge in [0, 0.05) is 10.9 Å². The Kier molecular flexibility index (Phi) is 5.31. The van der Waals surface area contributed by atoms with E-state index in [4.69, 9.17) is 4.74 Å². The zero-order valence-electron chi connectivity index (χ0n) is 10.4. The number of rotatable bonds is 6. The summed E-state index contributed by atoms with van der Waals surface area (Å²) in [6.45, 7) is 3.61. The highest BCUT2D eigenvalue weighted by molar-refractivity contribution is 9.09. The molecule has 18 heavy (non-hydrogen) atoms. The maximum absolute atomic E-state index is 14.0. The lowest BCUT2D eigenvalue weighted by atomic mass is 9.96. The largest absolute Gasteiger partial charge is 0.465 e. The second-order valence-corrected chi connectivity index (χ2v) is 4.51. The normalized spacial score (nSPS) is 17.8. The van der Waals surface area contributed by atoms with Crippen LogP contribution in [0.15, 0.2) is 11.4 Å². The van der Waals surface area contributed by atoms with Crippen LogP contribution in [-0.4, -0.2) is 30.5 Å². The summed E-state index contributed by atoms with van der Waals surface area (Å²) in [6.07, 6.45) is 0.999. The second-order valence-electron chi connectivity index (χ2n) is 3.95. The van der Waals surface area contributed by atoms with Gasteiger partial charge in [-0.3, -0.25) is 4.79 Å². The molecule has 1 rings (SSSR count). The maximum atomic E-state index is 14.0. The predicted molar refractivity (Wildman–Crippen MR) is 66.9 cm³/mol. The minimum absolute atomic E-state index is 0.0915. The van der Waals surface area contributed by atoms with Gasteiger partial charge in [-0.15, -0.1) is 0 Å². The average Bonchev–Trinajstić information content (AvgIpc) is 3.12. The summed E-state index contributed by atoms with van der Waals surface area (Å²) in [4.78, 5) is 23.2. The van der Waals surface area contributed by atoms with Gasteiger partial charge in [0.25, 0.3) is 0 Å². The van der Waals surface area contributed by atoms with Gasteiger partial charge in [0.15, 0.2) is 0 Å². The van der Waals surface area contributed by atoms with E-state index >= 15 is 0 Å². The van der Waals surface area contributed by atoms with Gasteiger partial charge < -0.3 is 9.47 Å². The summed E-state index contributed by atoms with van der Waals surface area (Å²) >= 11 is 3.12. The van der Waals surface area contributed by atoms with Crippen molar-refractivity contribution in [2.75, 3.05) is 18.5 Å². The number of carbonyl (C=O) groups is 2. The smallest absolute Gasteiger partial charge is 0.367 e. The van der Waals surface area contributed by atoms with Crippen LogP contribution < -0.4 is 0 Å². The van der Waals surface area contributed by atoms with Crippen molar-refractivity contribution in [1.29, 1.82) is 0 Å². The van der Waals surface area contributed by atoms with Gasteiger partial charge in [-0.1, -0.05) is 15.9 Å². The van der Waals surface area contributed by atoms with Crippen LogP contribution in [0.1, 0.15) is 26.7 Å². The summed E-state index contributed by atoms with van der Waals surface area (Å²) in [7, 11) is 0. The molecule has 0 unspecified atom stereocenters. The topological polar surface area (TPSA) is 52.6 Å². The Bertz CT molecular complexity index is 374. The van der Waals surface area contributed by atoms with Gasteiger partial charge >= 0.3 is 11.9 Å². The Balaban J connectivity index is 2.99. The molecular weight excluding hydrogens is 307 g/mol. The third-order valence-electron chi connectivity index (χ3n) is 2.85. The molecular formula is C12H16BrFO4. The van der Waals surface area contributed by atoms with E-state index in [9.17, 15) is 14.0 Å². The van der Waals surface area contributed by atoms with Crippen molar-refractivity contribution in [3.05, 3.63) is 11.4 Å². The molecule has 6 heteroatoms. The number of alkyl halides is 1. The molecule has 1 aliphatic rings. The molecule has 0 spiro atoms. The highest BCUT2D eigenvalue weighted by atomic mass is 79.9. The number of carbonyl (C=O) groups excluding carboxylic acids is 2. The van der Waals surface area contributed by atoms with E-state index in [-0.39, 0.29) is 24.1 Å². The van der Waals surface area contributed by atoms with E-state index < -0.39 is 23.2 Å². The van der Waals surface area contributed by atoms with Crippen molar-refractivity contribution in [2.24, 2.45) is 5.41 Å². The molecule has 0 bridgehead atoms. The second kappa shape index (κ2) is 6.31. The first-order valence-electron chi connectivity index (χ1n) is 5.82. The van der Waals surface area contributed by atoms with Gasteiger partial charge in [0.05, 0.1) is 18.6 Å². The van der Waals surface area contributed by atoms with Crippen LogP contribution in [0.3, 0.4) is 0 Å². The van der Waals surface area contributed by atoms with Crippen molar-refractivity contribution in [2.45, 2.75) is 26.7 Å². The summed E-state index contributed by atoms with van der Waals surface area (Å²) in [6, 6.07) is 0. The summed E-state index contributed by atoms with van der Waals surface area (Å²) in [5.41, 5.74) is -0.851. The summed E-state index contributed by atoms with van der Waals surface area (Å²) in [5.74, 6) is -2.49. The van der Waals surface area contributed by atoms with E-state index in [0.29, 0.717) is 12.8 Å².